The predicted octanol–water partition coefficient (Wildman–Crippen LogP) is 4.87. The van der Waals surface area contributed by atoms with E-state index >= 15 is 4.39 Å². The molecule has 1 amide bonds. The number of fused-ring (bicyclic) bond motifs is 1. The Morgan fingerprint density at radius 2 is 1.72 bits per heavy atom. The Balaban J connectivity index is 1.21. The number of nitrogens with zero attached hydrogens (tertiary/aromatic N) is 5. The Labute approximate surface area is 292 Å². The van der Waals surface area contributed by atoms with Gasteiger partial charge in [-0.1, -0.05) is 12.8 Å². The number of aromatic nitrogens is 2. The van der Waals surface area contributed by atoms with Gasteiger partial charge < -0.3 is 23.8 Å². The van der Waals surface area contributed by atoms with Crippen molar-refractivity contribution < 1.29 is 42.1 Å². The van der Waals surface area contributed by atoms with Gasteiger partial charge in [-0.15, -0.1) is 0 Å². The van der Waals surface area contributed by atoms with E-state index in [4.69, 9.17) is 18.9 Å². The van der Waals surface area contributed by atoms with Gasteiger partial charge in [-0.05, 0) is 79.7 Å². The molecule has 0 aromatic carbocycles. The van der Waals surface area contributed by atoms with Crippen LogP contribution in [0.25, 0.3) is 0 Å². The monoisotopic (exact) mass is 703 g/mol. The van der Waals surface area contributed by atoms with Gasteiger partial charge in [-0.3, -0.25) is 19.4 Å². The number of ketones is 2. The first-order chi connectivity index (χ1) is 23.7. The number of Topliss-reactive ketones (excluding diaryl/α,β-unsaturated/α-hetero) is 2. The highest BCUT2D eigenvalue weighted by Gasteiger charge is 2.64. The van der Waals surface area contributed by atoms with Crippen molar-refractivity contribution in [2.75, 3.05) is 51.3 Å². The number of halogens is 2. The lowest BCUT2D eigenvalue weighted by molar-refractivity contribution is -0.255. The molecule has 276 valence electrons. The van der Waals surface area contributed by atoms with E-state index in [2.05, 4.69) is 9.97 Å². The minimum atomic E-state index is -1.04. The average Bonchev–Trinajstić information content (AvgIpc) is 3.47. The van der Waals surface area contributed by atoms with E-state index in [1.807, 2.05) is 25.7 Å². The maximum atomic E-state index is 16.6. The summed E-state index contributed by atoms with van der Waals surface area (Å²) in [5.41, 5.74) is -2.16. The number of rotatable bonds is 6. The Morgan fingerprint density at radius 3 is 2.38 bits per heavy atom. The first-order valence-corrected chi connectivity index (χ1v) is 18.4. The molecule has 4 heterocycles. The van der Waals surface area contributed by atoms with Gasteiger partial charge in [0, 0.05) is 38.6 Å². The van der Waals surface area contributed by atoms with Crippen LogP contribution in [0.4, 0.5) is 19.4 Å². The first kappa shape index (κ1) is 35.4. The van der Waals surface area contributed by atoms with Gasteiger partial charge in [0.25, 0.3) is 5.88 Å². The van der Waals surface area contributed by atoms with Crippen LogP contribution in [0.1, 0.15) is 103 Å². The summed E-state index contributed by atoms with van der Waals surface area (Å²) in [4.78, 5) is 56.2. The Morgan fingerprint density at radius 1 is 1.02 bits per heavy atom. The second-order valence-electron chi connectivity index (χ2n) is 16.3. The summed E-state index contributed by atoms with van der Waals surface area (Å²) >= 11 is 0. The maximum Gasteiger partial charge on any atom is 0.410 e. The number of ether oxygens (including phenoxy) is 4. The Hall–Kier alpha value is -2.97. The largest absolute Gasteiger partial charge is 0.471 e. The van der Waals surface area contributed by atoms with Crippen molar-refractivity contribution in [2.45, 2.75) is 127 Å². The van der Waals surface area contributed by atoms with E-state index in [0.29, 0.717) is 58.2 Å². The molecular weight excluding hydrogens is 652 g/mol. The van der Waals surface area contributed by atoms with E-state index in [9.17, 15) is 18.8 Å². The van der Waals surface area contributed by atoms with Gasteiger partial charge in [-0.2, -0.15) is 9.37 Å². The zero-order chi connectivity index (χ0) is 35.6. The molecule has 50 heavy (non-hydrogen) atoms. The lowest BCUT2D eigenvalue weighted by atomic mass is 9.57. The molecule has 3 saturated heterocycles. The lowest BCUT2D eigenvalue weighted by Gasteiger charge is -2.51. The molecule has 5 atom stereocenters. The van der Waals surface area contributed by atoms with E-state index in [0.717, 1.165) is 12.8 Å². The van der Waals surface area contributed by atoms with Crippen molar-refractivity contribution in [3.8, 4) is 5.88 Å². The smallest absolute Gasteiger partial charge is 0.410 e. The Bertz CT molecular complexity index is 1510. The Kier molecular flexibility index (Phi) is 9.15. The quantitative estimate of drug-likeness (QED) is 0.298. The fourth-order valence-corrected chi connectivity index (χ4v) is 9.23. The SMILES string of the molecule is C[C@H](Oc1nc(C(=O)C2CCC[C@@]3(CCCCC34OCCO4)C2=O)nc(N2CCN(C(=O)OC(C)(C)C)C3(CC3)C2)c1F)[C@@H]1C[C@@H](F)CN1C. The second-order valence-corrected chi connectivity index (χ2v) is 16.3. The topological polar surface area (TPSA) is 124 Å². The standard InChI is InChI=1S/C36H51F2N5O7/c1-22(25-19-23(37)20-41(25)5)49-31-26(38)30(42-15-16-43(34(21-42)13-14-34)32(46)50-33(2,3)4)39-29(40-31)27(44)24-9-8-11-35(28(24)45)10-6-7-12-36(35)47-17-18-48-36/h22-25H,6-21H2,1-5H3/t22-,23+,24?,25-,35-/m0/s1. The molecule has 12 nitrogen and oxygen atoms in total. The fourth-order valence-electron chi connectivity index (χ4n) is 9.23. The molecule has 6 aliphatic rings. The molecule has 1 unspecified atom stereocenters. The fraction of sp³-hybridized carbons (Fsp3) is 0.806. The van der Waals surface area contributed by atoms with Gasteiger partial charge in [0.15, 0.2) is 17.4 Å². The molecule has 0 radical (unpaired) electrons. The number of carbonyl (C=O) groups is 3. The number of likely N-dealkylation sites (tertiary alicyclic amines) is 1. The molecule has 14 heteroatoms. The number of alkyl halides is 1. The third-order valence-corrected chi connectivity index (χ3v) is 11.8. The van der Waals surface area contributed by atoms with E-state index in [1.165, 1.54) is 0 Å². The molecule has 3 saturated carbocycles. The molecule has 1 aromatic rings. The number of likely N-dealkylation sites (N-methyl/N-ethyl adjacent to an activating group) is 1. The molecule has 1 aromatic heterocycles. The van der Waals surface area contributed by atoms with Crippen LogP contribution in [0.2, 0.25) is 0 Å². The third kappa shape index (κ3) is 6.16. The maximum absolute atomic E-state index is 16.6. The molecule has 6 fully saturated rings. The number of hydrogen-bond acceptors (Lipinski definition) is 11. The van der Waals surface area contributed by atoms with E-state index in [1.54, 1.807) is 23.8 Å². The van der Waals surface area contributed by atoms with Crippen LogP contribution in [-0.2, 0) is 19.0 Å². The summed E-state index contributed by atoms with van der Waals surface area (Å²) in [5, 5.41) is 0. The minimum absolute atomic E-state index is 0.113. The molecule has 3 spiro atoms. The van der Waals surface area contributed by atoms with Gasteiger partial charge in [-0.25, -0.2) is 14.2 Å². The molecule has 3 aliphatic carbocycles. The average molecular weight is 704 g/mol. The van der Waals surface area contributed by atoms with Crippen molar-refractivity contribution in [2.24, 2.45) is 11.3 Å². The van der Waals surface area contributed by atoms with Crippen LogP contribution < -0.4 is 9.64 Å². The first-order valence-electron chi connectivity index (χ1n) is 18.4. The van der Waals surface area contributed by atoms with Gasteiger partial charge in [0.2, 0.25) is 17.4 Å². The summed E-state index contributed by atoms with van der Waals surface area (Å²) in [5.74, 6) is -4.52. The summed E-state index contributed by atoms with van der Waals surface area (Å²) in [6.07, 6.45) is 3.94. The molecule has 0 N–H and O–H groups in total. The molecule has 0 bridgehead atoms. The number of hydrogen-bond donors (Lipinski definition) is 0. The second kappa shape index (κ2) is 12.9. The third-order valence-electron chi connectivity index (χ3n) is 11.8. The van der Waals surface area contributed by atoms with E-state index in [-0.39, 0.29) is 56.1 Å². The predicted molar refractivity (Wildman–Crippen MR) is 177 cm³/mol. The highest BCUT2D eigenvalue weighted by atomic mass is 19.1. The summed E-state index contributed by atoms with van der Waals surface area (Å²) in [7, 11) is 1.79. The van der Waals surface area contributed by atoms with Crippen LogP contribution in [0.5, 0.6) is 5.88 Å². The van der Waals surface area contributed by atoms with Crippen molar-refractivity contribution >= 4 is 23.5 Å². The molecule has 7 rings (SSSR count). The van der Waals surface area contributed by atoms with Gasteiger partial charge in [0.1, 0.15) is 17.9 Å². The summed E-state index contributed by atoms with van der Waals surface area (Å²) < 4.78 is 55.0. The minimum Gasteiger partial charge on any atom is -0.471 e. The number of anilines is 1. The highest BCUT2D eigenvalue weighted by Crippen LogP contribution is 2.56. The summed E-state index contributed by atoms with van der Waals surface area (Å²) in [6, 6.07) is -0.331. The van der Waals surface area contributed by atoms with Gasteiger partial charge in [0.05, 0.1) is 30.1 Å². The molecular formula is C36H51F2N5O7. The van der Waals surface area contributed by atoms with Crippen molar-refractivity contribution in [1.29, 1.82) is 0 Å². The van der Waals surface area contributed by atoms with Crippen molar-refractivity contribution in [3.63, 3.8) is 0 Å². The summed E-state index contributed by atoms with van der Waals surface area (Å²) in [6.45, 7) is 9.00. The lowest BCUT2D eigenvalue weighted by Crippen LogP contribution is -2.60. The van der Waals surface area contributed by atoms with Gasteiger partial charge >= 0.3 is 6.09 Å². The zero-order valence-corrected chi connectivity index (χ0v) is 30.0. The van der Waals surface area contributed by atoms with Crippen molar-refractivity contribution in [1.82, 2.24) is 19.8 Å². The van der Waals surface area contributed by atoms with E-state index < -0.39 is 64.1 Å². The van der Waals surface area contributed by atoms with Crippen LogP contribution in [0.15, 0.2) is 0 Å². The zero-order valence-electron chi connectivity index (χ0n) is 30.0. The van der Waals surface area contributed by atoms with Crippen LogP contribution in [-0.4, -0.2) is 119 Å². The van der Waals surface area contributed by atoms with Crippen LogP contribution in [0.3, 0.4) is 0 Å². The van der Waals surface area contributed by atoms with Crippen molar-refractivity contribution in [3.05, 3.63) is 11.6 Å². The number of amides is 1. The molecule has 3 aliphatic heterocycles. The highest BCUT2D eigenvalue weighted by molar-refractivity contribution is 6.11. The number of carbonyl (C=O) groups excluding carboxylic acids is 3. The van der Waals surface area contributed by atoms with Crippen LogP contribution in [0, 0.1) is 17.2 Å². The van der Waals surface area contributed by atoms with Crippen LogP contribution >= 0.6 is 0 Å². The number of piperazine rings is 1. The normalized spacial score (nSPS) is 31.4.